The predicted molar refractivity (Wildman–Crippen MR) is 185 cm³/mol. The molecule has 286 valence electrons. The van der Waals surface area contributed by atoms with Gasteiger partial charge in [-0.3, -0.25) is 19.0 Å². The maximum absolute atomic E-state index is 12.6. The van der Waals surface area contributed by atoms with Crippen LogP contribution in [0.25, 0.3) is 0 Å². The van der Waals surface area contributed by atoms with Crippen LogP contribution in [-0.4, -0.2) is 113 Å². The Morgan fingerprint density at radius 3 is 1.52 bits per heavy atom. The molecule has 0 spiro atoms. The van der Waals surface area contributed by atoms with Gasteiger partial charge in [0, 0.05) is 52.7 Å². The molecule has 2 fully saturated rings. The number of nitrogens with zero attached hydrogens (tertiary/aromatic N) is 8. The Hall–Kier alpha value is -5.28. The zero-order valence-electron chi connectivity index (χ0n) is 30.8. The van der Waals surface area contributed by atoms with E-state index in [1.807, 2.05) is 60.7 Å². The number of amides is 2. The van der Waals surface area contributed by atoms with E-state index in [4.69, 9.17) is 14.2 Å². The number of hydrogen-bond acceptors (Lipinski definition) is 12. The fourth-order valence-electron chi connectivity index (χ4n) is 6.35. The van der Waals surface area contributed by atoms with E-state index in [2.05, 4.69) is 20.6 Å². The molecular weight excluding hydrogens is 699 g/mol. The number of piperidine rings is 2. The second-order valence-electron chi connectivity index (χ2n) is 12.6. The van der Waals surface area contributed by atoms with Crippen molar-refractivity contribution in [2.45, 2.75) is 49.7 Å². The fraction of sp³-hybridized carbons (Fsp3) is 0.429. The molecule has 2 aromatic carbocycles. The third kappa shape index (κ3) is 10.4. The van der Waals surface area contributed by atoms with Crippen LogP contribution in [0.5, 0.6) is 0 Å². The predicted octanol–water partition coefficient (Wildman–Crippen LogP) is -0.769. The number of rotatable bonds is 8. The molecule has 19 heteroatoms. The molecular formula is C35H45LiN8O10. The molecule has 4 heterocycles. The van der Waals surface area contributed by atoms with Crippen LogP contribution in [0.2, 0.25) is 0 Å². The van der Waals surface area contributed by atoms with Gasteiger partial charge in [0.25, 0.3) is 0 Å². The van der Waals surface area contributed by atoms with Crippen LogP contribution >= 0.6 is 0 Å². The molecule has 2 atom stereocenters. The number of likely N-dealkylation sites (tertiary alicyclic amines) is 2. The first-order chi connectivity index (χ1) is 24.6. The third-order valence-electron chi connectivity index (χ3n) is 9.08. The summed E-state index contributed by atoms with van der Waals surface area (Å²) in [5.41, 5.74) is 0.387. The van der Waals surface area contributed by atoms with Crippen molar-refractivity contribution in [3.63, 3.8) is 0 Å². The van der Waals surface area contributed by atoms with Gasteiger partial charge in [-0.05, 0) is 36.8 Å². The first kappa shape index (κ1) is 44.9. The molecule has 54 heavy (non-hydrogen) atoms. The standard InChI is InChI=1S/C18H22N4O4.C17H20N4O4.Li.2H2O/c1-21-11-15(19-20-21)18(16(23)25-2)9-6-10-22(13-18)17(24)26-12-14-7-4-3-5-8-14;1-20-10-14(18-19-20)17(15(22)23)8-5-9-21(12-17)16(24)25-11-13-6-3-2-4-7-13;;;/h3-5,7-8,11H,6,9-10,12-13H2,1-2H3;2-4,6-7,10H,5,8-9,11-12H2,1H3,(H,22,23);;2*1H2/q;;+1;;/p-1. The number of methoxy groups -OCH3 is 1. The first-order valence-electron chi connectivity index (χ1n) is 16.5. The Kier molecular flexibility index (Phi) is 16.8. The van der Waals surface area contributed by atoms with Gasteiger partial charge in [0.1, 0.15) is 35.4 Å². The van der Waals surface area contributed by atoms with Crippen molar-refractivity contribution < 1.29 is 68.3 Å². The molecule has 2 amide bonds. The zero-order chi connectivity index (χ0) is 36.4. The molecule has 0 bridgehead atoms. The summed E-state index contributed by atoms with van der Waals surface area (Å²) in [6.07, 6.45) is 4.46. The number of aliphatic carboxylic acids is 1. The van der Waals surface area contributed by atoms with Crippen LogP contribution in [0, 0.1) is 0 Å². The van der Waals surface area contributed by atoms with Crippen LogP contribution in [0.4, 0.5) is 9.59 Å². The van der Waals surface area contributed by atoms with E-state index in [9.17, 15) is 24.3 Å². The molecule has 2 aromatic heterocycles. The van der Waals surface area contributed by atoms with Crippen LogP contribution < -0.4 is 18.9 Å². The SMILES string of the molecule is COC(=O)C1(c2cn(C)nn2)CCCN(C(=O)OCc2ccccc2)C1.Cn1cc(C2(C(=O)O)CCCN(C(=O)OCc3ccccc3)C2)nn1.O.[Li+].[OH-]. The van der Waals surface area contributed by atoms with Gasteiger partial charge >= 0.3 is 43.0 Å². The number of carbonyl (C=O) groups is 4. The van der Waals surface area contributed by atoms with Crippen molar-refractivity contribution in [2.24, 2.45) is 14.1 Å². The van der Waals surface area contributed by atoms with Gasteiger partial charge in [0.15, 0.2) is 0 Å². The molecule has 2 unspecified atom stereocenters. The topological polar surface area (TPSA) is 246 Å². The molecule has 0 aliphatic carbocycles. The number of aryl methyl sites for hydroxylation is 2. The number of ether oxygens (including phenoxy) is 3. The van der Waals surface area contributed by atoms with E-state index in [-0.39, 0.29) is 56.1 Å². The number of carboxylic acid groups (broad SMARTS) is 1. The van der Waals surface area contributed by atoms with Gasteiger partial charge in [-0.25, -0.2) is 9.59 Å². The maximum Gasteiger partial charge on any atom is 1.00 e. The number of aromatic nitrogens is 6. The molecule has 2 saturated heterocycles. The van der Waals surface area contributed by atoms with Gasteiger partial charge < -0.3 is 40.1 Å². The Balaban J connectivity index is 0.000000354. The van der Waals surface area contributed by atoms with Crippen molar-refractivity contribution in [2.75, 3.05) is 33.3 Å². The number of carboxylic acids is 1. The summed E-state index contributed by atoms with van der Waals surface area (Å²) >= 11 is 0. The summed E-state index contributed by atoms with van der Waals surface area (Å²) in [6.45, 7) is 1.50. The van der Waals surface area contributed by atoms with Crippen molar-refractivity contribution in [1.29, 1.82) is 0 Å². The molecule has 6 rings (SSSR count). The average Bonchev–Trinajstić information content (AvgIpc) is 3.82. The minimum atomic E-state index is -1.25. The molecule has 0 radical (unpaired) electrons. The van der Waals surface area contributed by atoms with E-state index in [1.54, 1.807) is 26.5 Å². The van der Waals surface area contributed by atoms with Gasteiger partial charge in [-0.15, -0.1) is 10.2 Å². The summed E-state index contributed by atoms with van der Waals surface area (Å²) in [4.78, 5) is 52.4. The Morgan fingerprint density at radius 2 is 1.13 bits per heavy atom. The normalized spacial score (nSPS) is 18.9. The van der Waals surface area contributed by atoms with Gasteiger partial charge in [0.2, 0.25) is 0 Å². The van der Waals surface area contributed by atoms with Crippen molar-refractivity contribution >= 4 is 24.1 Å². The molecule has 2 aliphatic rings. The van der Waals surface area contributed by atoms with Crippen LogP contribution in [-0.2, 0) is 61.9 Å². The second-order valence-corrected chi connectivity index (χ2v) is 12.6. The Labute approximate surface area is 324 Å². The molecule has 2 aliphatic heterocycles. The van der Waals surface area contributed by atoms with Crippen molar-refractivity contribution in [3.8, 4) is 0 Å². The smallest absolute Gasteiger partial charge is 0.870 e. The zero-order valence-corrected chi connectivity index (χ0v) is 30.8. The van der Waals surface area contributed by atoms with Crippen LogP contribution in [0.3, 0.4) is 0 Å². The maximum atomic E-state index is 12.6. The number of hydrogen-bond donors (Lipinski definition) is 1. The van der Waals surface area contributed by atoms with Gasteiger partial charge in [-0.1, -0.05) is 71.1 Å². The number of benzene rings is 2. The number of esters is 1. The van der Waals surface area contributed by atoms with E-state index in [0.29, 0.717) is 50.2 Å². The summed E-state index contributed by atoms with van der Waals surface area (Å²) in [7, 11) is 4.75. The van der Waals surface area contributed by atoms with Crippen molar-refractivity contribution in [1.82, 2.24) is 39.8 Å². The Morgan fingerprint density at radius 1 is 0.722 bits per heavy atom. The van der Waals surface area contributed by atoms with Crippen LogP contribution in [0.1, 0.15) is 48.2 Å². The fourth-order valence-corrected chi connectivity index (χ4v) is 6.35. The molecule has 0 saturated carbocycles. The largest absolute Gasteiger partial charge is 1.00 e. The third-order valence-corrected chi connectivity index (χ3v) is 9.08. The average molecular weight is 745 g/mol. The number of carbonyl (C=O) groups excluding carboxylic acids is 3. The summed E-state index contributed by atoms with van der Waals surface area (Å²) in [6, 6.07) is 18.8. The molecule has 18 nitrogen and oxygen atoms in total. The second kappa shape index (κ2) is 20.2. The molecule has 4 aromatic rings. The van der Waals surface area contributed by atoms with E-state index >= 15 is 0 Å². The Bertz CT molecular complexity index is 1810. The summed E-state index contributed by atoms with van der Waals surface area (Å²) in [5.74, 6) is -1.42. The minimum Gasteiger partial charge on any atom is -0.870 e. The summed E-state index contributed by atoms with van der Waals surface area (Å²) in [5, 5.41) is 25.6. The van der Waals surface area contributed by atoms with E-state index in [0.717, 1.165) is 11.1 Å². The van der Waals surface area contributed by atoms with Crippen molar-refractivity contribution in [3.05, 3.63) is 95.6 Å². The first-order valence-corrected chi connectivity index (χ1v) is 16.5. The van der Waals surface area contributed by atoms with Gasteiger partial charge in [-0.2, -0.15) is 0 Å². The minimum absolute atomic E-state index is 0. The summed E-state index contributed by atoms with van der Waals surface area (Å²) < 4.78 is 18.8. The monoisotopic (exact) mass is 744 g/mol. The van der Waals surface area contributed by atoms with E-state index in [1.165, 1.54) is 26.3 Å². The van der Waals surface area contributed by atoms with E-state index < -0.39 is 35.0 Å². The quantitative estimate of drug-likeness (QED) is 0.133. The molecule has 4 N–H and O–H groups in total. The van der Waals surface area contributed by atoms with Gasteiger partial charge in [0.05, 0.1) is 7.11 Å². The van der Waals surface area contributed by atoms with Crippen LogP contribution in [0.15, 0.2) is 73.1 Å².